The Labute approximate surface area is 261 Å². The standard InChI is InChI=1S/C33H37N7O5/c1-23(41)35-25-10-14-27(15-11-25)40(31(42)22-39-30-7-3-2-6-29(30)36-37-39)32(33(43)34-21-28-5-4-18-45-28)24-8-12-26(13-9-24)38-16-19-44-20-17-38/h2-3,6-15,28,32H,4-5,16-22H2,1H3,(H,34,43)(H,35,41)/t28-,32+/m1/s1. The fourth-order valence-electron chi connectivity index (χ4n) is 5.81. The van der Waals surface area contributed by atoms with E-state index in [1.807, 2.05) is 48.5 Å². The number of benzene rings is 3. The van der Waals surface area contributed by atoms with Crippen LogP contribution in [0.5, 0.6) is 0 Å². The van der Waals surface area contributed by atoms with Crippen molar-refractivity contribution in [3.63, 3.8) is 0 Å². The van der Waals surface area contributed by atoms with Gasteiger partial charge in [-0.3, -0.25) is 19.3 Å². The molecule has 45 heavy (non-hydrogen) atoms. The van der Waals surface area contributed by atoms with Gasteiger partial charge in [0.25, 0.3) is 0 Å². The minimum Gasteiger partial charge on any atom is -0.378 e. The lowest BCUT2D eigenvalue weighted by molar-refractivity contribution is -0.127. The maximum absolute atomic E-state index is 14.4. The lowest BCUT2D eigenvalue weighted by Crippen LogP contribution is -2.46. The molecule has 2 saturated heterocycles. The highest BCUT2D eigenvalue weighted by molar-refractivity contribution is 6.02. The topological polar surface area (TPSA) is 131 Å². The minimum atomic E-state index is -1.00. The van der Waals surface area contributed by atoms with Crippen LogP contribution in [-0.2, 0) is 30.4 Å². The summed E-state index contributed by atoms with van der Waals surface area (Å²) in [7, 11) is 0. The Morgan fingerprint density at radius 3 is 2.44 bits per heavy atom. The second kappa shape index (κ2) is 13.9. The van der Waals surface area contributed by atoms with Gasteiger partial charge in [0.1, 0.15) is 18.1 Å². The summed E-state index contributed by atoms with van der Waals surface area (Å²) in [4.78, 5) is 43.9. The number of carbonyl (C=O) groups excluding carboxylic acids is 3. The highest BCUT2D eigenvalue weighted by atomic mass is 16.5. The average molecular weight is 612 g/mol. The molecule has 3 aromatic carbocycles. The van der Waals surface area contributed by atoms with E-state index in [0.29, 0.717) is 54.3 Å². The number of fused-ring (bicyclic) bond motifs is 1. The quantitative estimate of drug-likeness (QED) is 0.279. The Morgan fingerprint density at radius 2 is 1.73 bits per heavy atom. The summed E-state index contributed by atoms with van der Waals surface area (Å²) in [6.07, 6.45) is 1.75. The molecule has 0 aliphatic carbocycles. The number of morpholine rings is 1. The van der Waals surface area contributed by atoms with Gasteiger partial charge in [0.05, 0.1) is 24.8 Å². The summed E-state index contributed by atoms with van der Waals surface area (Å²) >= 11 is 0. The van der Waals surface area contributed by atoms with Crippen molar-refractivity contribution in [2.75, 3.05) is 54.6 Å². The van der Waals surface area contributed by atoms with Crippen molar-refractivity contribution in [2.24, 2.45) is 0 Å². The molecule has 1 aromatic heterocycles. The molecule has 2 fully saturated rings. The molecule has 12 heteroatoms. The van der Waals surface area contributed by atoms with Crippen LogP contribution in [0, 0.1) is 0 Å². The number of nitrogens with one attached hydrogen (secondary N) is 2. The minimum absolute atomic E-state index is 0.0686. The van der Waals surface area contributed by atoms with Gasteiger partial charge in [0.2, 0.25) is 17.7 Å². The summed E-state index contributed by atoms with van der Waals surface area (Å²) < 4.78 is 12.8. The molecule has 0 spiro atoms. The van der Waals surface area contributed by atoms with Crippen LogP contribution < -0.4 is 20.4 Å². The van der Waals surface area contributed by atoms with Crippen molar-refractivity contribution in [3.05, 3.63) is 78.4 Å². The molecular weight excluding hydrogens is 574 g/mol. The van der Waals surface area contributed by atoms with Crippen molar-refractivity contribution in [1.82, 2.24) is 20.3 Å². The number of amides is 3. The zero-order valence-electron chi connectivity index (χ0n) is 25.2. The van der Waals surface area contributed by atoms with Crippen molar-refractivity contribution in [1.29, 1.82) is 0 Å². The highest BCUT2D eigenvalue weighted by Gasteiger charge is 2.34. The van der Waals surface area contributed by atoms with Crippen molar-refractivity contribution >= 4 is 45.8 Å². The first-order valence-electron chi connectivity index (χ1n) is 15.3. The van der Waals surface area contributed by atoms with Crippen LogP contribution in [0.1, 0.15) is 31.4 Å². The maximum atomic E-state index is 14.4. The van der Waals surface area contributed by atoms with Gasteiger partial charge in [0, 0.05) is 50.2 Å². The zero-order chi connectivity index (χ0) is 31.2. The van der Waals surface area contributed by atoms with Crippen molar-refractivity contribution < 1.29 is 23.9 Å². The molecule has 234 valence electrons. The Balaban J connectivity index is 1.37. The van der Waals surface area contributed by atoms with Gasteiger partial charge >= 0.3 is 0 Å². The summed E-state index contributed by atoms with van der Waals surface area (Å²) in [5, 5.41) is 14.2. The molecule has 0 unspecified atom stereocenters. The Hall–Kier alpha value is -4.81. The number of carbonyl (C=O) groups is 3. The van der Waals surface area contributed by atoms with E-state index in [2.05, 4.69) is 25.8 Å². The number of aromatic nitrogens is 3. The van der Waals surface area contributed by atoms with E-state index in [-0.39, 0.29) is 30.4 Å². The van der Waals surface area contributed by atoms with Gasteiger partial charge in [-0.25, -0.2) is 4.68 Å². The van der Waals surface area contributed by atoms with Gasteiger partial charge in [-0.1, -0.05) is 29.5 Å². The second-order valence-electron chi connectivity index (χ2n) is 11.2. The second-order valence-corrected chi connectivity index (χ2v) is 11.2. The lowest BCUT2D eigenvalue weighted by atomic mass is 10.0. The van der Waals surface area contributed by atoms with Crippen LogP contribution in [0.3, 0.4) is 0 Å². The van der Waals surface area contributed by atoms with Gasteiger partial charge in [0.15, 0.2) is 0 Å². The van der Waals surface area contributed by atoms with E-state index in [1.165, 1.54) is 11.8 Å². The first kappa shape index (κ1) is 30.2. The molecule has 3 amide bonds. The third-order valence-corrected chi connectivity index (χ3v) is 8.06. The molecule has 4 aromatic rings. The molecule has 2 N–H and O–H groups in total. The number of rotatable bonds is 10. The predicted molar refractivity (Wildman–Crippen MR) is 170 cm³/mol. The summed E-state index contributed by atoms with van der Waals surface area (Å²) in [5.74, 6) is -0.889. The van der Waals surface area contributed by atoms with Gasteiger partial charge < -0.3 is 25.0 Å². The molecule has 2 aliphatic heterocycles. The van der Waals surface area contributed by atoms with Crippen LogP contribution in [0.25, 0.3) is 11.0 Å². The number of ether oxygens (including phenoxy) is 2. The maximum Gasteiger partial charge on any atom is 0.249 e. The van der Waals surface area contributed by atoms with Crippen LogP contribution in [0.2, 0.25) is 0 Å². The monoisotopic (exact) mass is 611 g/mol. The van der Waals surface area contributed by atoms with Gasteiger partial charge in [-0.2, -0.15) is 0 Å². The lowest BCUT2D eigenvalue weighted by Gasteiger charge is -2.33. The molecule has 2 aliphatic rings. The van der Waals surface area contributed by atoms with Crippen molar-refractivity contribution in [3.8, 4) is 0 Å². The van der Waals surface area contributed by atoms with E-state index in [9.17, 15) is 14.4 Å². The fourth-order valence-corrected chi connectivity index (χ4v) is 5.81. The van der Waals surface area contributed by atoms with Crippen LogP contribution >= 0.6 is 0 Å². The van der Waals surface area contributed by atoms with E-state index < -0.39 is 6.04 Å². The average Bonchev–Trinajstić information content (AvgIpc) is 3.74. The number of hydrogen-bond acceptors (Lipinski definition) is 8. The number of nitrogens with zero attached hydrogens (tertiary/aromatic N) is 5. The molecule has 6 rings (SSSR count). The van der Waals surface area contributed by atoms with E-state index in [1.54, 1.807) is 28.9 Å². The van der Waals surface area contributed by atoms with E-state index in [0.717, 1.165) is 31.6 Å². The van der Waals surface area contributed by atoms with E-state index in [4.69, 9.17) is 9.47 Å². The van der Waals surface area contributed by atoms with Crippen LogP contribution in [0.4, 0.5) is 17.1 Å². The number of para-hydroxylation sites is 1. The normalized spacial score (nSPS) is 17.2. The van der Waals surface area contributed by atoms with Crippen LogP contribution in [0.15, 0.2) is 72.8 Å². The van der Waals surface area contributed by atoms with Gasteiger partial charge in [-0.15, -0.1) is 5.10 Å². The predicted octanol–water partition coefficient (Wildman–Crippen LogP) is 3.30. The largest absolute Gasteiger partial charge is 0.378 e. The highest BCUT2D eigenvalue weighted by Crippen LogP contribution is 2.31. The Morgan fingerprint density at radius 1 is 0.978 bits per heavy atom. The smallest absolute Gasteiger partial charge is 0.249 e. The third-order valence-electron chi connectivity index (χ3n) is 8.06. The Bertz CT molecular complexity index is 1630. The molecule has 0 bridgehead atoms. The summed E-state index contributed by atoms with van der Waals surface area (Å²) in [6.45, 7) is 5.18. The number of anilines is 3. The zero-order valence-corrected chi connectivity index (χ0v) is 25.2. The summed E-state index contributed by atoms with van der Waals surface area (Å²) in [6, 6.07) is 21.1. The first-order chi connectivity index (χ1) is 22.0. The molecule has 0 saturated carbocycles. The molecule has 0 radical (unpaired) electrons. The van der Waals surface area contributed by atoms with Crippen molar-refractivity contribution in [2.45, 2.75) is 38.5 Å². The summed E-state index contributed by atoms with van der Waals surface area (Å²) in [5.41, 5.74) is 4.12. The fraction of sp³-hybridized carbons (Fsp3) is 0.364. The SMILES string of the molecule is CC(=O)Nc1ccc(N(C(=O)Cn2nnc3ccccc32)[C@H](C(=O)NC[C@H]2CCCO2)c2ccc(N3CCOCC3)cc2)cc1. The number of hydrogen-bond donors (Lipinski definition) is 2. The van der Waals surface area contributed by atoms with Gasteiger partial charge in [-0.05, 0) is 66.9 Å². The molecule has 3 heterocycles. The Kier molecular flexibility index (Phi) is 9.32. The van der Waals surface area contributed by atoms with Crippen LogP contribution in [-0.4, -0.2) is 78.3 Å². The first-order valence-corrected chi connectivity index (χ1v) is 15.3. The van der Waals surface area contributed by atoms with E-state index >= 15 is 0 Å². The molecule has 2 atom stereocenters. The molecule has 12 nitrogen and oxygen atoms in total. The third kappa shape index (κ3) is 7.13. The molecular formula is C33H37N7O5.